The number of aryl methyl sites for hydroxylation is 2. The summed E-state index contributed by atoms with van der Waals surface area (Å²) in [6, 6.07) is 3.48. The molecule has 2 aromatic rings. The molecule has 1 aliphatic rings. The van der Waals surface area contributed by atoms with Gasteiger partial charge in [-0.1, -0.05) is 5.16 Å². The van der Waals surface area contributed by atoms with Gasteiger partial charge in [0.05, 0.1) is 25.1 Å². The van der Waals surface area contributed by atoms with Crippen LogP contribution < -0.4 is 9.62 Å². The standard InChI is InChI=1S/C14H18N4O4S/c1-10-14(11(2)22-16-10)23(19,20)17-12-3-4-13(15-9-12)18-5-7-21-8-6-18/h3-4,9,17H,5-8H2,1-2H3. The predicted molar refractivity (Wildman–Crippen MR) is 84.1 cm³/mol. The summed E-state index contributed by atoms with van der Waals surface area (Å²) in [6.45, 7) is 6.04. The van der Waals surface area contributed by atoms with Crippen molar-refractivity contribution in [2.24, 2.45) is 0 Å². The Bertz CT molecular complexity index is 760. The van der Waals surface area contributed by atoms with Gasteiger partial charge in [-0.3, -0.25) is 4.72 Å². The Morgan fingerprint density at radius 2 is 1.96 bits per heavy atom. The van der Waals surface area contributed by atoms with Crippen LogP contribution in [0.15, 0.2) is 27.7 Å². The zero-order valence-corrected chi connectivity index (χ0v) is 13.8. The van der Waals surface area contributed by atoms with Crippen LogP contribution in [0.25, 0.3) is 0 Å². The van der Waals surface area contributed by atoms with E-state index >= 15 is 0 Å². The molecule has 0 amide bonds. The lowest BCUT2D eigenvalue weighted by Crippen LogP contribution is -2.36. The van der Waals surface area contributed by atoms with E-state index < -0.39 is 10.0 Å². The maximum Gasteiger partial charge on any atom is 0.267 e. The first-order valence-electron chi connectivity index (χ1n) is 7.22. The molecule has 1 saturated heterocycles. The molecule has 0 radical (unpaired) electrons. The number of hydrogen-bond acceptors (Lipinski definition) is 7. The number of nitrogens with zero attached hydrogens (tertiary/aromatic N) is 3. The highest BCUT2D eigenvalue weighted by molar-refractivity contribution is 7.92. The molecule has 8 nitrogen and oxygen atoms in total. The van der Waals surface area contributed by atoms with Gasteiger partial charge in [0, 0.05) is 13.1 Å². The van der Waals surface area contributed by atoms with E-state index in [0.29, 0.717) is 24.6 Å². The average Bonchev–Trinajstić information content (AvgIpc) is 2.88. The van der Waals surface area contributed by atoms with Gasteiger partial charge in [-0.05, 0) is 26.0 Å². The summed E-state index contributed by atoms with van der Waals surface area (Å²) in [5.74, 6) is 1.06. The quantitative estimate of drug-likeness (QED) is 0.898. The second-order valence-electron chi connectivity index (χ2n) is 5.26. The molecule has 2 aromatic heterocycles. The SMILES string of the molecule is Cc1noc(C)c1S(=O)(=O)Nc1ccc(N2CCOCC2)nc1. The second-order valence-corrected chi connectivity index (χ2v) is 6.88. The van der Waals surface area contributed by atoms with Gasteiger partial charge in [0.15, 0.2) is 10.7 Å². The van der Waals surface area contributed by atoms with Crippen LogP contribution >= 0.6 is 0 Å². The highest BCUT2D eigenvalue weighted by Gasteiger charge is 2.24. The van der Waals surface area contributed by atoms with Gasteiger partial charge in [0.1, 0.15) is 11.5 Å². The van der Waals surface area contributed by atoms with Gasteiger partial charge >= 0.3 is 0 Å². The number of morpholine rings is 1. The molecule has 1 aliphatic heterocycles. The van der Waals surface area contributed by atoms with E-state index in [1.54, 1.807) is 26.0 Å². The van der Waals surface area contributed by atoms with Crippen molar-refractivity contribution in [3.05, 3.63) is 29.8 Å². The molecule has 9 heteroatoms. The highest BCUT2D eigenvalue weighted by Crippen LogP contribution is 2.23. The first-order valence-corrected chi connectivity index (χ1v) is 8.70. The van der Waals surface area contributed by atoms with Crippen molar-refractivity contribution in [3.63, 3.8) is 0 Å². The molecule has 0 aliphatic carbocycles. The molecule has 0 aromatic carbocycles. The normalized spacial score (nSPS) is 15.7. The van der Waals surface area contributed by atoms with Crippen molar-refractivity contribution in [1.82, 2.24) is 10.1 Å². The number of aromatic nitrogens is 2. The van der Waals surface area contributed by atoms with Crippen molar-refractivity contribution in [3.8, 4) is 0 Å². The van der Waals surface area contributed by atoms with E-state index in [4.69, 9.17) is 9.26 Å². The third-order valence-corrected chi connectivity index (χ3v) is 5.20. The lowest BCUT2D eigenvalue weighted by atomic mass is 10.3. The van der Waals surface area contributed by atoms with Crippen LogP contribution in [0, 0.1) is 13.8 Å². The van der Waals surface area contributed by atoms with Crippen molar-refractivity contribution in [2.45, 2.75) is 18.7 Å². The van der Waals surface area contributed by atoms with E-state index in [1.165, 1.54) is 6.20 Å². The minimum Gasteiger partial charge on any atom is -0.378 e. The molecule has 0 atom stereocenters. The molecule has 3 rings (SSSR count). The van der Waals surface area contributed by atoms with Crippen molar-refractivity contribution >= 4 is 21.5 Å². The number of ether oxygens (including phenoxy) is 1. The summed E-state index contributed by atoms with van der Waals surface area (Å²) in [6.07, 6.45) is 1.50. The second kappa shape index (κ2) is 6.17. The largest absolute Gasteiger partial charge is 0.378 e. The molecule has 0 spiro atoms. The minimum atomic E-state index is -3.75. The van der Waals surface area contributed by atoms with Crippen LogP contribution in [0.5, 0.6) is 0 Å². The summed E-state index contributed by atoms with van der Waals surface area (Å²) >= 11 is 0. The van der Waals surface area contributed by atoms with Gasteiger partial charge < -0.3 is 14.2 Å². The Labute approximate surface area is 134 Å². The monoisotopic (exact) mass is 338 g/mol. The Balaban J connectivity index is 1.78. The third kappa shape index (κ3) is 3.30. The highest BCUT2D eigenvalue weighted by atomic mass is 32.2. The van der Waals surface area contributed by atoms with Gasteiger partial charge in [0.25, 0.3) is 10.0 Å². The van der Waals surface area contributed by atoms with Crippen LogP contribution in [0.1, 0.15) is 11.5 Å². The van der Waals surface area contributed by atoms with Crippen molar-refractivity contribution in [1.29, 1.82) is 0 Å². The number of hydrogen-bond donors (Lipinski definition) is 1. The average molecular weight is 338 g/mol. The molecule has 0 bridgehead atoms. The molecule has 0 saturated carbocycles. The summed E-state index contributed by atoms with van der Waals surface area (Å²) in [5, 5.41) is 3.67. The van der Waals surface area contributed by atoms with Gasteiger partial charge in [-0.15, -0.1) is 0 Å². The number of anilines is 2. The first-order chi connectivity index (χ1) is 11.0. The predicted octanol–water partition coefficient (Wildman–Crippen LogP) is 1.32. The fraction of sp³-hybridized carbons (Fsp3) is 0.429. The third-order valence-electron chi connectivity index (χ3n) is 3.57. The maximum atomic E-state index is 12.4. The number of nitrogens with one attached hydrogen (secondary N) is 1. The van der Waals surface area contributed by atoms with E-state index in [-0.39, 0.29) is 10.7 Å². The van der Waals surface area contributed by atoms with Gasteiger partial charge in [-0.2, -0.15) is 0 Å². The van der Waals surface area contributed by atoms with Crippen molar-refractivity contribution < 1.29 is 17.7 Å². The topological polar surface area (TPSA) is 97.6 Å². The molecule has 23 heavy (non-hydrogen) atoms. The molecule has 0 unspecified atom stereocenters. The van der Waals surface area contributed by atoms with E-state index in [0.717, 1.165) is 18.9 Å². The zero-order chi connectivity index (χ0) is 16.4. The molecule has 1 fully saturated rings. The summed E-state index contributed by atoms with van der Waals surface area (Å²) in [5.41, 5.74) is 0.718. The smallest absolute Gasteiger partial charge is 0.267 e. The van der Waals surface area contributed by atoms with E-state index in [9.17, 15) is 8.42 Å². The molecular formula is C14H18N4O4S. The Hall–Kier alpha value is -2.13. The Morgan fingerprint density at radius 1 is 1.22 bits per heavy atom. The summed E-state index contributed by atoms with van der Waals surface area (Å²) < 4.78 is 37.6. The Kier molecular flexibility index (Phi) is 4.22. The molecule has 1 N–H and O–H groups in total. The van der Waals surface area contributed by atoms with Crippen molar-refractivity contribution in [2.75, 3.05) is 35.9 Å². The number of pyridine rings is 1. The van der Waals surface area contributed by atoms with Crippen LogP contribution in [0.4, 0.5) is 11.5 Å². The first kappa shape index (κ1) is 15.8. The number of rotatable bonds is 4. The van der Waals surface area contributed by atoms with Crippen LogP contribution in [0.3, 0.4) is 0 Å². The van der Waals surface area contributed by atoms with Crippen LogP contribution in [-0.2, 0) is 14.8 Å². The van der Waals surface area contributed by atoms with Gasteiger partial charge in [0.2, 0.25) is 0 Å². The van der Waals surface area contributed by atoms with Crippen LogP contribution in [-0.4, -0.2) is 44.9 Å². The number of sulfonamides is 1. The molecule has 3 heterocycles. The summed E-state index contributed by atoms with van der Waals surface area (Å²) in [7, 11) is -3.75. The zero-order valence-electron chi connectivity index (χ0n) is 12.9. The molecular weight excluding hydrogens is 320 g/mol. The van der Waals surface area contributed by atoms with E-state index in [1.807, 2.05) is 0 Å². The molecule has 124 valence electrons. The fourth-order valence-electron chi connectivity index (χ4n) is 2.49. The lowest BCUT2D eigenvalue weighted by molar-refractivity contribution is 0.122. The lowest BCUT2D eigenvalue weighted by Gasteiger charge is -2.27. The van der Waals surface area contributed by atoms with E-state index in [2.05, 4.69) is 19.8 Å². The van der Waals surface area contributed by atoms with Crippen LogP contribution in [0.2, 0.25) is 0 Å². The fourth-order valence-corrected chi connectivity index (χ4v) is 3.87. The maximum absolute atomic E-state index is 12.4. The minimum absolute atomic E-state index is 0.0646. The summed E-state index contributed by atoms with van der Waals surface area (Å²) in [4.78, 5) is 6.47. The Morgan fingerprint density at radius 3 is 2.52 bits per heavy atom. The van der Waals surface area contributed by atoms with Gasteiger partial charge in [-0.25, -0.2) is 13.4 Å².